The predicted molar refractivity (Wildman–Crippen MR) is 233 cm³/mol. The largest absolute Gasteiger partial charge is 0.456 e. The fourth-order valence-corrected chi connectivity index (χ4v) is 8.99. The minimum atomic E-state index is 0.614. The fraction of sp³-hybridized carbons (Fsp3) is 0. The van der Waals surface area contributed by atoms with Crippen molar-refractivity contribution in [2.45, 2.75) is 0 Å². The summed E-state index contributed by atoms with van der Waals surface area (Å²) in [4.78, 5) is 15.3. The Balaban J connectivity index is 1.17. The van der Waals surface area contributed by atoms with Gasteiger partial charge >= 0.3 is 0 Å². The second-order valence-corrected chi connectivity index (χ2v) is 14.9. The number of halogens is 1. The highest BCUT2D eigenvalue weighted by Crippen LogP contribution is 2.51. The molecule has 0 fully saturated rings. The maximum Gasteiger partial charge on any atom is 0.164 e. The first-order valence-electron chi connectivity index (χ1n) is 19.0. The van der Waals surface area contributed by atoms with E-state index in [1.165, 1.54) is 0 Å². The number of para-hydroxylation sites is 3. The zero-order valence-electron chi connectivity index (χ0n) is 30.3. The van der Waals surface area contributed by atoms with Crippen LogP contribution in [0, 0.1) is 0 Å². The van der Waals surface area contributed by atoms with Gasteiger partial charge in [-0.3, -0.25) is 0 Å². The lowest BCUT2D eigenvalue weighted by Crippen LogP contribution is -2.01. The van der Waals surface area contributed by atoms with Crippen molar-refractivity contribution in [2.75, 3.05) is 0 Å². The Morgan fingerprint density at radius 3 is 1.67 bits per heavy atom. The summed E-state index contributed by atoms with van der Waals surface area (Å²) in [6.45, 7) is 0. The standard InChI is InChI=1S/C51H29ClN4O/c52-43-28-40-36-21-10-12-25-45(36)57-46(40)29-39(43)38-23-13-22-37-33-18-7-8-19-34(33)41-26-32(27-42-35-20-9-11-24-44(35)56(47(37)38)48(41)42)51-54-49(30-14-3-1-4-15-30)53-50(55-51)31-16-5-2-6-17-31/h1-29H. The van der Waals surface area contributed by atoms with Gasteiger partial charge in [0.25, 0.3) is 0 Å². The summed E-state index contributed by atoms with van der Waals surface area (Å²) in [5.74, 6) is 1.87. The topological polar surface area (TPSA) is 56.7 Å². The zero-order chi connectivity index (χ0) is 37.6. The van der Waals surface area contributed by atoms with Gasteiger partial charge in [-0.05, 0) is 47.5 Å². The smallest absolute Gasteiger partial charge is 0.164 e. The maximum absolute atomic E-state index is 7.31. The van der Waals surface area contributed by atoms with Crippen LogP contribution in [0.4, 0.5) is 0 Å². The van der Waals surface area contributed by atoms with Crippen molar-refractivity contribution >= 4 is 55.3 Å². The Hall–Kier alpha value is -7.34. The molecule has 0 aliphatic carbocycles. The summed E-state index contributed by atoms with van der Waals surface area (Å²) >= 11 is 7.31. The van der Waals surface area contributed by atoms with E-state index in [2.05, 4.69) is 95.6 Å². The van der Waals surface area contributed by atoms with Gasteiger partial charge in [-0.15, -0.1) is 0 Å². The van der Waals surface area contributed by atoms with E-state index in [4.69, 9.17) is 31.0 Å². The number of rotatable bonds is 4. The number of aromatic nitrogens is 4. The molecule has 0 amide bonds. The van der Waals surface area contributed by atoms with Crippen molar-refractivity contribution in [3.63, 3.8) is 0 Å². The maximum atomic E-state index is 7.31. The third-order valence-corrected chi connectivity index (χ3v) is 11.6. The van der Waals surface area contributed by atoms with Gasteiger partial charge in [0.15, 0.2) is 17.5 Å². The van der Waals surface area contributed by atoms with Crippen molar-refractivity contribution in [1.29, 1.82) is 0 Å². The van der Waals surface area contributed by atoms with Crippen LogP contribution in [0.25, 0.3) is 117 Å². The van der Waals surface area contributed by atoms with Gasteiger partial charge in [0.1, 0.15) is 11.2 Å². The highest BCUT2D eigenvalue weighted by molar-refractivity contribution is 6.35. The van der Waals surface area contributed by atoms with E-state index in [0.717, 1.165) is 99.5 Å². The first-order chi connectivity index (χ1) is 28.2. The number of nitrogens with zero attached hydrogens (tertiary/aromatic N) is 4. The Kier molecular flexibility index (Phi) is 6.92. The lowest BCUT2D eigenvalue weighted by Gasteiger charge is -2.18. The fourth-order valence-electron chi connectivity index (χ4n) is 8.73. The van der Waals surface area contributed by atoms with E-state index < -0.39 is 0 Å². The number of benzene rings is 8. The first-order valence-corrected chi connectivity index (χ1v) is 19.3. The highest BCUT2D eigenvalue weighted by atomic mass is 35.5. The molecule has 11 aromatic rings. The van der Waals surface area contributed by atoms with Crippen LogP contribution in [0.1, 0.15) is 0 Å². The summed E-state index contributed by atoms with van der Waals surface area (Å²) in [6.07, 6.45) is 0. The molecule has 0 saturated heterocycles. The summed E-state index contributed by atoms with van der Waals surface area (Å²) in [5, 5.41) is 4.96. The van der Waals surface area contributed by atoms with Crippen LogP contribution in [-0.2, 0) is 0 Å². The molecule has 0 spiro atoms. The minimum absolute atomic E-state index is 0.614. The van der Waals surface area contributed by atoms with Crippen LogP contribution in [0.5, 0.6) is 0 Å². The monoisotopic (exact) mass is 748 g/mol. The molecule has 266 valence electrons. The van der Waals surface area contributed by atoms with E-state index in [0.29, 0.717) is 22.5 Å². The molecule has 0 unspecified atom stereocenters. The summed E-state index contributed by atoms with van der Waals surface area (Å²) in [6, 6.07) is 60.9. The molecule has 1 aliphatic heterocycles. The van der Waals surface area contributed by atoms with Gasteiger partial charge in [0.05, 0.1) is 16.7 Å². The Morgan fingerprint density at radius 1 is 0.386 bits per heavy atom. The molecule has 0 bridgehead atoms. The van der Waals surface area contributed by atoms with Gasteiger partial charge in [-0.1, -0.05) is 151 Å². The van der Waals surface area contributed by atoms with Crippen LogP contribution in [0.3, 0.4) is 0 Å². The number of furan rings is 1. The average molecular weight is 749 g/mol. The number of fused-ring (bicyclic) bond motifs is 11. The lowest BCUT2D eigenvalue weighted by molar-refractivity contribution is 0.669. The van der Waals surface area contributed by atoms with E-state index in [9.17, 15) is 0 Å². The van der Waals surface area contributed by atoms with Gasteiger partial charge in [-0.2, -0.15) is 0 Å². The zero-order valence-corrected chi connectivity index (χ0v) is 31.1. The molecule has 57 heavy (non-hydrogen) atoms. The summed E-state index contributed by atoms with van der Waals surface area (Å²) < 4.78 is 8.85. The van der Waals surface area contributed by atoms with Crippen molar-refractivity contribution in [1.82, 2.24) is 19.5 Å². The van der Waals surface area contributed by atoms with Gasteiger partial charge in [0, 0.05) is 65.5 Å². The van der Waals surface area contributed by atoms with Crippen LogP contribution in [0.2, 0.25) is 5.02 Å². The third kappa shape index (κ3) is 4.86. The quantitative estimate of drug-likeness (QED) is 0.180. The van der Waals surface area contributed by atoms with E-state index in [1.54, 1.807) is 0 Å². The van der Waals surface area contributed by atoms with Crippen LogP contribution in [-0.4, -0.2) is 19.5 Å². The molecule has 0 N–H and O–H groups in total. The second kappa shape index (κ2) is 12.3. The van der Waals surface area contributed by atoms with Gasteiger partial charge in [-0.25, -0.2) is 15.0 Å². The molecule has 12 rings (SSSR count). The molecule has 5 nitrogen and oxygen atoms in total. The molecule has 0 saturated carbocycles. The van der Waals surface area contributed by atoms with Crippen LogP contribution < -0.4 is 0 Å². The Morgan fingerprint density at radius 2 is 0.947 bits per heavy atom. The molecule has 8 aromatic carbocycles. The van der Waals surface area contributed by atoms with Crippen molar-refractivity contribution in [3.8, 4) is 73.2 Å². The average Bonchev–Trinajstić information content (AvgIpc) is 3.77. The molecule has 1 aliphatic rings. The first kappa shape index (κ1) is 32.0. The van der Waals surface area contributed by atoms with Crippen LogP contribution >= 0.6 is 11.6 Å². The molecule has 4 heterocycles. The van der Waals surface area contributed by atoms with E-state index in [1.807, 2.05) is 84.9 Å². The third-order valence-electron chi connectivity index (χ3n) is 11.2. The second-order valence-electron chi connectivity index (χ2n) is 14.5. The van der Waals surface area contributed by atoms with Crippen molar-refractivity contribution in [3.05, 3.63) is 181 Å². The molecule has 3 aromatic heterocycles. The Labute approximate surface area is 332 Å². The van der Waals surface area contributed by atoms with Gasteiger partial charge < -0.3 is 8.98 Å². The molecular weight excluding hydrogens is 720 g/mol. The van der Waals surface area contributed by atoms with Crippen molar-refractivity contribution < 1.29 is 4.42 Å². The highest BCUT2D eigenvalue weighted by Gasteiger charge is 2.28. The van der Waals surface area contributed by atoms with Gasteiger partial charge in [0.2, 0.25) is 0 Å². The number of hydrogen-bond donors (Lipinski definition) is 0. The Bertz CT molecular complexity index is 3360. The predicted octanol–water partition coefficient (Wildman–Crippen LogP) is 13.8. The van der Waals surface area contributed by atoms with Crippen molar-refractivity contribution in [2.24, 2.45) is 0 Å². The molecular formula is C51H29ClN4O. The molecule has 0 radical (unpaired) electrons. The van der Waals surface area contributed by atoms with E-state index in [-0.39, 0.29) is 0 Å². The number of hydrogen-bond acceptors (Lipinski definition) is 4. The molecule has 0 atom stereocenters. The van der Waals surface area contributed by atoms with Crippen LogP contribution in [0.15, 0.2) is 180 Å². The normalized spacial score (nSPS) is 11.9. The summed E-state index contributed by atoms with van der Waals surface area (Å²) in [5.41, 5.74) is 14.1. The lowest BCUT2D eigenvalue weighted by atomic mass is 9.90. The van der Waals surface area contributed by atoms with E-state index >= 15 is 0 Å². The summed E-state index contributed by atoms with van der Waals surface area (Å²) in [7, 11) is 0. The SMILES string of the molecule is Clc1cc2c(cc1-c1cccc3c1-n1c4ccccc4c4cc(-c5nc(-c6ccccc6)nc(-c6ccccc6)n5)cc(c41)-c1ccccc1-3)oc1ccccc12. The molecule has 6 heteroatoms. The minimum Gasteiger partial charge on any atom is -0.456 e.